The van der Waals surface area contributed by atoms with Crippen molar-refractivity contribution in [1.82, 2.24) is 0 Å². The van der Waals surface area contributed by atoms with Crippen LogP contribution in [-0.2, 0) is 6.18 Å². The van der Waals surface area contributed by atoms with Crippen LogP contribution in [0.1, 0.15) is 24.0 Å². The van der Waals surface area contributed by atoms with E-state index in [1.165, 1.54) is 6.07 Å². The van der Waals surface area contributed by atoms with Gasteiger partial charge in [0.15, 0.2) is 0 Å². The summed E-state index contributed by atoms with van der Waals surface area (Å²) in [4.78, 5) is 0. The second-order valence-corrected chi connectivity index (χ2v) is 4.23. The average Bonchev–Trinajstić information content (AvgIpc) is 2.15. The van der Waals surface area contributed by atoms with E-state index in [2.05, 4.69) is 15.9 Å². The Labute approximate surface area is 94.6 Å². The summed E-state index contributed by atoms with van der Waals surface area (Å²) in [6, 6.07) is 4.20. The van der Waals surface area contributed by atoms with Gasteiger partial charge in [0.2, 0.25) is 0 Å². The van der Waals surface area contributed by atoms with E-state index in [9.17, 15) is 13.2 Å². The summed E-state index contributed by atoms with van der Waals surface area (Å²) in [6.45, 7) is 2.13. The minimum atomic E-state index is -4.33. The van der Waals surface area contributed by atoms with Crippen LogP contribution in [0.3, 0.4) is 0 Å². The summed E-state index contributed by atoms with van der Waals surface area (Å²) >= 11 is 2.89. The third-order valence-corrected chi connectivity index (χ3v) is 2.91. The van der Waals surface area contributed by atoms with Gasteiger partial charge in [-0.05, 0) is 30.2 Å². The van der Waals surface area contributed by atoms with E-state index >= 15 is 0 Å². The third-order valence-electron chi connectivity index (χ3n) is 2.22. The molecular weight excluding hydrogens is 271 g/mol. The van der Waals surface area contributed by atoms with E-state index in [0.29, 0.717) is 12.1 Å². The summed E-state index contributed by atoms with van der Waals surface area (Å²) in [5.41, 5.74) is 5.36. The highest BCUT2D eigenvalue weighted by atomic mass is 79.9. The largest absolute Gasteiger partial charge is 0.417 e. The van der Waals surface area contributed by atoms with Crippen LogP contribution in [0.2, 0.25) is 0 Å². The lowest BCUT2D eigenvalue weighted by Crippen LogP contribution is -2.11. The fourth-order valence-corrected chi connectivity index (χ4v) is 1.67. The van der Waals surface area contributed by atoms with Crippen molar-refractivity contribution in [2.24, 2.45) is 5.73 Å². The fourth-order valence-electron chi connectivity index (χ4n) is 1.20. The number of alkyl halides is 3. The number of hydrogen-bond acceptors (Lipinski definition) is 1. The second kappa shape index (κ2) is 4.53. The van der Waals surface area contributed by atoms with Crippen LogP contribution >= 0.6 is 15.9 Å². The number of benzene rings is 1. The van der Waals surface area contributed by atoms with E-state index < -0.39 is 11.7 Å². The Morgan fingerprint density at radius 3 is 2.47 bits per heavy atom. The third kappa shape index (κ3) is 2.95. The molecule has 0 saturated heterocycles. The standard InChI is InChI=1S/C10H11BrF3N/c1-6(5-15)7-2-3-9(11)8(4-7)10(12,13)14/h2-4,6H,5,15H2,1H3. The van der Waals surface area contributed by atoms with E-state index in [1.54, 1.807) is 13.0 Å². The van der Waals surface area contributed by atoms with Gasteiger partial charge in [0.05, 0.1) is 5.56 Å². The van der Waals surface area contributed by atoms with Gasteiger partial charge in [-0.2, -0.15) is 13.2 Å². The number of rotatable bonds is 2. The van der Waals surface area contributed by atoms with Crippen molar-refractivity contribution in [2.45, 2.75) is 19.0 Å². The number of hydrogen-bond donors (Lipinski definition) is 1. The van der Waals surface area contributed by atoms with Gasteiger partial charge in [-0.25, -0.2) is 0 Å². The Kier molecular flexibility index (Phi) is 3.78. The predicted molar refractivity (Wildman–Crippen MR) is 56.6 cm³/mol. The van der Waals surface area contributed by atoms with Crippen LogP contribution < -0.4 is 5.73 Å². The van der Waals surface area contributed by atoms with Crippen molar-refractivity contribution in [3.63, 3.8) is 0 Å². The molecule has 0 bridgehead atoms. The highest BCUT2D eigenvalue weighted by Gasteiger charge is 2.33. The van der Waals surface area contributed by atoms with Crippen molar-refractivity contribution >= 4 is 15.9 Å². The monoisotopic (exact) mass is 281 g/mol. The van der Waals surface area contributed by atoms with Crippen LogP contribution in [0.15, 0.2) is 22.7 Å². The van der Waals surface area contributed by atoms with Gasteiger partial charge in [0.1, 0.15) is 0 Å². The maximum atomic E-state index is 12.5. The number of halogens is 4. The first-order valence-corrected chi connectivity index (χ1v) is 5.22. The highest BCUT2D eigenvalue weighted by molar-refractivity contribution is 9.10. The molecule has 0 aromatic heterocycles. The van der Waals surface area contributed by atoms with Crippen molar-refractivity contribution < 1.29 is 13.2 Å². The molecule has 84 valence electrons. The van der Waals surface area contributed by atoms with E-state index in [1.807, 2.05) is 0 Å². The molecule has 1 atom stereocenters. The summed E-state index contributed by atoms with van der Waals surface area (Å²) in [7, 11) is 0. The lowest BCUT2D eigenvalue weighted by molar-refractivity contribution is -0.138. The Morgan fingerprint density at radius 2 is 2.00 bits per heavy atom. The fraction of sp³-hybridized carbons (Fsp3) is 0.400. The van der Waals surface area contributed by atoms with E-state index in [-0.39, 0.29) is 10.4 Å². The van der Waals surface area contributed by atoms with Crippen LogP contribution in [0.25, 0.3) is 0 Å². The molecular formula is C10H11BrF3N. The summed E-state index contributed by atoms with van der Waals surface area (Å²) in [6.07, 6.45) is -4.33. The van der Waals surface area contributed by atoms with Gasteiger partial charge >= 0.3 is 6.18 Å². The molecule has 1 aromatic rings. The van der Waals surface area contributed by atoms with Crippen molar-refractivity contribution in [1.29, 1.82) is 0 Å². The first kappa shape index (κ1) is 12.5. The van der Waals surface area contributed by atoms with Gasteiger partial charge in [-0.15, -0.1) is 0 Å². The molecule has 0 spiro atoms. The summed E-state index contributed by atoms with van der Waals surface area (Å²) in [5, 5.41) is 0. The van der Waals surface area contributed by atoms with Gasteiger partial charge < -0.3 is 5.73 Å². The molecule has 0 fully saturated rings. The summed E-state index contributed by atoms with van der Waals surface area (Å²) < 4.78 is 37.7. The predicted octanol–water partition coefficient (Wildman–Crippen LogP) is 3.53. The first-order chi connectivity index (χ1) is 6.86. The second-order valence-electron chi connectivity index (χ2n) is 3.37. The molecule has 0 saturated carbocycles. The van der Waals surface area contributed by atoms with Crippen LogP contribution in [0.4, 0.5) is 13.2 Å². The van der Waals surface area contributed by atoms with Crippen molar-refractivity contribution in [3.8, 4) is 0 Å². The minimum Gasteiger partial charge on any atom is -0.330 e. The summed E-state index contributed by atoms with van der Waals surface area (Å²) in [5.74, 6) is -0.0702. The first-order valence-electron chi connectivity index (χ1n) is 4.43. The maximum absolute atomic E-state index is 12.5. The Balaban J connectivity index is 3.17. The lowest BCUT2D eigenvalue weighted by atomic mass is 9.99. The van der Waals surface area contributed by atoms with Crippen LogP contribution in [0.5, 0.6) is 0 Å². The molecule has 2 N–H and O–H groups in total. The van der Waals surface area contributed by atoms with Gasteiger partial charge in [-0.1, -0.05) is 28.9 Å². The molecule has 0 radical (unpaired) electrons. The Morgan fingerprint density at radius 1 is 1.40 bits per heavy atom. The molecule has 0 aliphatic heterocycles. The van der Waals surface area contributed by atoms with Gasteiger partial charge in [0, 0.05) is 4.47 Å². The molecule has 0 aliphatic carbocycles. The molecule has 5 heteroatoms. The lowest BCUT2D eigenvalue weighted by Gasteiger charge is -2.14. The Hall–Kier alpha value is -0.550. The van der Waals surface area contributed by atoms with Gasteiger partial charge in [-0.3, -0.25) is 0 Å². The van der Waals surface area contributed by atoms with Crippen molar-refractivity contribution in [2.75, 3.05) is 6.54 Å². The molecule has 1 unspecified atom stereocenters. The SMILES string of the molecule is CC(CN)c1ccc(Br)c(C(F)(F)F)c1. The maximum Gasteiger partial charge on any atom is 0.417 e. The van der Waals surface area contributed by atoms with E-state index in [4.69, 9.17) is 5.73 Å². The smallest absolute Gasteiger partial charge is 0.330 e. The average molecular weight is 282 g/mol. The molecule has 1 aromatic carbocycles. The number of nitrogens with two attached hydrogens (primary N) is 1. The van der Waals surface area contributed by atoms with Gasteiger partial charge in [0.25, 0.3) is 0 Å². The minimum absolute atomic E-state index is 0.0583. The zero-order valence-electron chi connectivity index (χ0n) is 8.11. The highest BCUT2D eigenvalue weighted by Crippen LogP contribution is 2.36. The van der Waals surface area contributed by atoms with Crippen LogP contribution in [0, 0.1) is 0 Å². The molecule has 15 heavy (non-hydrogen) atoms. The molecule has 1 rings (SSSR count). The quantitative estimate of drug-likeness (QED) is 0.882. The topological polar surface area (TPSA) is 26.0 Å². The molecule has 0 aliphatic rings. The normalized spacial score (nSPS) is 14.0. The van der Waals surface area contributed by atoms with E-state index in [0.717, 1.165) is 6.07 Å². The zero-order chi connectivity index (χ0) is 11.6. The van der Waals surface area contributed by atoms with Crippen LogP contribution in [-0.4, -0.2) is 6.54 Å². The molecule has 0 amide bonds. The zero-order valence-corrected chi connectivity index (χ0v) is 9.69. The van der Waals surface area contributed by atoms with Crippen molar-refractivity contribution in [3.05, 3.63) is 33.8 Å². The molecule has 1 nitrogen and oxygen atoms in total. The Bertz CT molecular complexity index is 349. The molecule has 0 heterocycles.